The van der Waals surface area contributed by atoms with Crippen molar-refractivity contribution in [2.75, 3.05) is 43.4 Å². The first-order valence-electron chi connectivity index (χ1n) is 21.1. The summed E-state index contributed by atoms with van der Waals surface area (Å²) in [6, 6.07) is 15.1. The number of piperidine rings is 3. The Labute approximate surface area is 385 Å². The van der Waals surface area contributed by atoms with Crippen LogP contribution >= 0.6 is 22.9 Å². The lowest BCUT2D eigenvalue weighted by Crippen LogP contribution is -2.44. The Morgan fingerprint density at radius 2 is 1.68 bits per heavy atom. The van der Waals surface area contributed by atoms with Crippen molar-refractivity contribution in [3.05, 3.63) is 98.0 Å². The van der Waals surface area contributed by atoms with Crippen LogP contribution in [0.1, 0.15) is 71.3 Å². The third-order valence-corrected chi connectivity index (χ3v) is 15.7. The Bertz CT molecular complexity index is 2940. The van der Waals surface area contributed by atoms with Gasteiger partial charge >= 0.3 is 23.7 Å². The number of halogens is 2. The molecule has 22 heteroatoms. The van der Waals surface area contributed by atoms with Crippen LogP contribution in [0.2, 0.25) is 5.02 Å². The molecule has 3 aliphatic rings. The number of aryl methyl sites for hydroxylation is 1. The van der Waals surface area contributed by atoms with E-state index in [1.165, 1.54) is 25.6 Å². The minimum Gasteiger partial charge on any atom is -0.479 e. The molecule has 5 N–H and O–H groups in total. The highest BCUT2D eigenvalue weighted by atomic mass is 35.5. The molecule has 1 atom stereocenters. The number of urea groups is 1. The summed E-state index contributed by atoms with van der Waals surface area (Å²) in [5.74, 6) is -4.77. The Hall–Kier alpha value is -6.29. The molecule has 66 heavy (non-hydrogen) atoms. The summed E-state index contributed by atoms with van der Waals surface area (Å²) in [4.78, 5) is 75.5. The van der Waals surface area contributed by atoms with Crippen LogP contribution in [0.5, 0.6) is 5.75 Å². The van der Waals surface area contributed by atoms with Gasteiger partial charge in [0.05, 0.1) is 27.4 Å². The number of nitrogens with one attached hydrogen (secondary N) is 3. The summed E-state index contributed by atoms with van der Waals surface area (Å²) in [6.45, 7) is 0.384. The maximum Gasteiger partial charge on any atom is 0.349 e. The molecule has 0 radical (unpaired) electrons. The van der Waals surface area contributed by atoms with Crippen molar-refractivity contribution in [2.45, 2.75) is 62.3 Å². The van der Waals surface area contributed by atoms with E-state index in [1.54, 1.807) is 36.2 Å². The zero-order valence-electron chi connectivity index (χ0n) is 35.4. The number of aromatic nitrogens is 2. The molecule has 0 saturated carbocycles. The normalized spacial score (nSPS) is 17.7. The highest BCUT2D eigenvalue weighted by Gasteiger charge is 2.33. The smallest absolute Gasteiger partial charge is 0.349 e. The molecular weight excluding hydrogens is 921 g/mol. The zero-order chi connectivity index (χ0) is 47.0. The number of thiophene rings is 1. The number of ether oxygens (including phenoxy) is 1. The van der Waals surface area contributed by atoms with Crippen LogP contribution in [0, 0.1) is 5.82 Å². The molecule has 0 aliphatic carbocycles. The molecule has 3 aliphatic heterocycles. The third kappa shape index (κ3) is 9.65. The van der Waals surface area contributed by atoms with E-state index >= 15 is 4.39 Å². The lowest BCUT2D eigenvalue weighted by molar-refractivity contribution is -0.139. The van der Waals surface area contributed by atoms with E-state index in [0.717, 1.165) is 23.0 Å². The van der Waals surface area contributed by atoms with Gasteiger partial charge in [-0.15, -0.1) is 11.3 Å². The first kappa shape index (κ1) is 46.2. The van der Waals surface area contributed by atoms with E-state index in [-0.39, 0.29) is 70.8 Å². The monoisotopic (exact) mass is 965 g/mol. The van der Waals surface area contributed by atoms with Gasteiger partial charge in [-0.05, 0) is 91.1 Å². The van der Waals surface area contributed by atoms with Crippen molar-refractivity contribution < 1.29 is 51.7 Å². The van der Waals surface area contributed by atoms with E-state index in [4.69, 9.17) is 21.4 Å². The average molecular weight is 966 g/mol. The van der Waals surface area contributed by atoms with Crippen LogP contribution in [-0.2, 0) is 37.2 Å². The number of nitrogens with zero attached hydrogens (tertiary/aromatic N) is 4. The quantitative estimate of drug-likeness (QED) is 0.0878. The van der Waals surface area contributed by atoms with Gasteiger partial charge in [0.25, 0.3) is 0 Å². The number of aliphatic carboxylic acids is 1. The van der Waals surface area contributed by atoms with Crippen LogP contribution in [0.25, 0.3) is 21.5 Å². The Morgan fingerprint density at radius 3 is 2.38 bits per heavy atom. The molecule has 4 amide bonds. The molecule has 0 bridgehead atoms. The SMILES string of the molecule is Cn1c(=O)n(C2CCC(=O)NC2=O)c2ccc(C3CCN(C(=O)Nc4cc(CS(=O)(=O)N5CCC(Nc6cccc(-c7sc(C(=O)O)c(OCC(=O)O)c7Cl)c6)CC5)ccc4F)CC3)cc21. The van der Waals surface area contributed by atoms with Gasteiger partial charge in [-0.1, -0.05) is 35.9 Å². The van der Waals surface area contributed by atoms with Crippen LogP contribution in [-0.4, -0.2) is 106 Å². The third-order valence-electron chi connectivity index (χ3n) is 12.2. The first-order valence-corrected chi connectivity index (χ1v) is 23.9. The highest BCUT2D eigenvalue weighted by molar-refractivity contribution is 7.88. The van der Waals surface area contributed by atoms with E-state index in [0.29, 0.717) is 71.5 Å². The molecule has 3 saturated heterocycles. The molecule has 3 fully saturated rings. The number of amides is 4. The first-order chi connectivity index (χ1) is 31.5. The number of carbonyl (C=O) groups is 5. The van der Waals surface area contributed by atoms with E-state index < -0.39 is 58.1 Å². The number of hydrogen-bond acceptors (Lipinski definition) is 11. The average Bonchev–Trinajstić information content (AvgIpc) is 3.75. The fourth-order valence-electron chi connectivity index (χ4n) is 8.78. The molecular formula is C44H45ClFN7O11S2. The van der Waals surface area contributed by atoms with Crippen molar-refractivity contribution in [3.63, 3.8) is 0 Å². The van der Waals surface area contributed by atoms with E-state index in [2.05, 4.69) is 16.0 Å². The number of benzene rings is 3. The molecule has 2 aromatic heterocycles. The number of sulfonamides is 1. The molecule has 1 unspecified atom stereocenters. The molecule has 5 heterocycles. The van der Waals surface area contributed by atoms with Crippen LogP contribution in [0.3, 0.4) is 0 Å². The van der Waals surface area contributed by atoms with Crippen LogP contribution < -0.4 is 26.4 Å². The Balaban J connectivity index is 0.844. The summed E-state index contributed by atoms with van der Waals surface area (Å²) in [5, 5.41) is 27.0. The molecule has 5 aromatic rings. The maximum atomic E-state index is 15.1. The number of aromatic carboxylic acids is 1. The van der Waals surface area contributed by atoms with Gasteiger partial charge in [0.15, 0.2) is 17.2 Å². The summed E-state index contributed by atoms with van der Waals surface area (Å²) >= 11 is 7.33. The fourth-order valence-corrected chi connectivity index (χ4v) is 11.7. The maximum absolute atomic E-state index is 15.1. The predicted octanol–water partition coefficient (Wildman–Crippen LogP) is 5.82. The summed E-state index contributed by atoms with van der Waals surface area (Å²) < 4.78 is 51.8. The minimum absolute atomic E-state index is 0.0205. The molecule has 8 rings (SSSR count). The number of likely N-dealkylation sites (tertiary alicyclic amines) is 1. The summed E-state index contributed by atoms with van der Waals surface area (Å²) in [6.07, 6.45) is 2.48. The summed E-state index contributed by atoms with van der Waals surface area (Å²) in [7, 11) is -2.21. The number of imidazole rings is 1. The molecule has 348 valence electrons. The Morgan fingerprint density at radius 1 is 0.939 bits per heavy atom. The fraction of sp³-hybridized carbons (Fsp3) is 0.364. The topological polar surface area (TPSA) is 239 Å². The van der Waals surface area contributed by atoms with Crippen molar-refractivity contribution >= 4 is 85.2 Å². The van der Waals surface area contributed by atoms with Gasteiger partial charge < -0.3 is 30.5 Å². The van der Waals surface area contributed by atoms with Crippen molar-refractivity contribution in [1.29, 1.82) is 0 Å². The van der Waals surface area contributed by atoms with E-state index in [1.807, 2.05) is 18.2 Å². The molecule has 0 spiro atoms. The van der Waals surface area contributed by atoms with Gasteiger partial charge in [-0.2, -0.15) is 0 Å². The van der Waals surface area contributed by atoms with Gasteiger partial charge in [0, 0.05) is 51.4 Å². The number of carboxylic acid groups (broad SMARTS) is 2. The van der Waals surface area contributed by atoms with Gasteiger partial charge in [0.2, 0.25) is 21.8 Å². The van der Waals surface area contributed by atoms with Gasteiger partial charge in [0.1, 0.15) is 16.9 Å². The van der Waals surface area contributed by atoms with E-state index in [9.17, 15) is 42.3 Å². The second kappa shape index (κ2) is 18.9. The van der Waals surface area contributed by atoms with Crippen molar-refractivity contribution in [2.24, 2.45) is 7.05 Å². The molecule has 3 aromatic carbocycles. The van der Waals surface area contributed by atoms with Crippen molar-refractivity contribution in [3.8, 4) is 16.2 Å². The number of carbonyl (C=O) groups excluding carboxylic acids is 3. The van der Waals surface area contributed by atoms with Gasteiger partial charge in [-0.3, -0.25) is 24.0 Å². The van der Waals surface area contributed by atoms with Gasteiger partial charge in [-0.25, -0.2) is 36.3 Å². The number of rotatable bonds is 13. The molecule has 18 nitrogen and oxygen atoms in total. The number of anilines is 2. The highest BCUT2D eigenvalue weighted by Crippen LogP contribution is 2.46. The standard InChI is InChI=1S/C44H45ClFN7O11S2/c1-50-34-21-26(6-8-32(34)53(44(50)61)33-9-10-35(54)49-41(33)57)25-11-15-51(16-12-25)43(60)48-31-19-24(5-7-30(31)46)23-66(62,63)52-17-13-28(14-18-52)47-29-4-2-3-27(20-29)39-37(45)38(64-22-36(55)56)40(65-39)42(58)59/h2-8,19-21,25,28,33,47H,9-18,22-23H2,1H3,(H,48,60)(H,55,56)(H,58,59)(H,49,54,57). The second-order valence-electron chi connectivity index (χ2n) is 16.5. The van der Waals surface area contributed by atoms with Crippen LogP contribution in [0.4, 0.5) is 20.6 Å². The predicted molar refractivity (Wildman–Crippen MR) is 243 cm³/mol. The lowest BCUT2D eigenvalue weighted by atomic mass is 9.89. The summed E-state index contributed by atoms with van der Waals surface area (Å²) in [5.41, 5.74) is 3.25. The van der Waals surface area contributed by atoms with Crippen molar-refractivity contribution in [1.82, 2.24) is 23.7 Å². The zero-order valence-corrected chi connectivity index (χ0v) is 37.8. The number of fused-ring (bicyclic) bond motifs is 1. The Kier molecular flexibility index (Phi) is 13.2. The number of carboxylic acids is 2. The number of imide groups is 1. The lowest BCUT2D eigenvalue weighted by Gasteiger charge is -2.32. The number of hydrogen-bond donors (Lipinski definition) is 5. The van der Waals surface area contributed by atoms with Crippen LogP contribution in [0.15, 0.2) is 65.5 Å². The minimum atomic E-state index is -3.84. The second-order valence-corrected chi connectivity index (χ2v) is 19.8. The largest absolute Gasteiger partial charge is 0.479 e.